The highest BCUT2D eigenvalue weighted by Gasteiger charge is 2.26. The monoisotopic (exact) mass is 211 g/mol. The Morgan fingerprint density at radius 1 is 1.47 bits per heavy atom. The van der Waals surface area contributed by atoms with Crippen LogP contribution in [0.3, 0.4) is 0 Å². The van der Waals surface area contributed by atoms with Gasteiger partial charge in [-0.2, -0.15) is 8.78 Å². The van der Waals surface area contributed by atoms with Gasteiger partial charge in [-0.3, -0.25) is 4.79 Å². The fraction of sp³-hybridized carbons (Fsp3) is 0.364. The summed E-state index contributed by atoms with van der Waals surface area (Å²) in [6, 6.07) is 7.85. The summed E-state index contributed by atoms with van der Waals surface area (Å²) >= 11 is 0. The smallest absolute Gasteiger partial charge is 0.315 e. The second-order valence-electron chi connectivity index (χ2n) is 3.65. The summed E-state index contributed by atoms with van der Waals surface area (Å²) in [5, 5.41) is 2.24. The van der Waals surface area contributed by atoms with Crippen LogP contribution >= 0.6 is 0 Å². The minimum absolute atomic E-state index is 0.198. The van der Waals surface area contributed by atoms with E-state index in [4.69, 9.17) is 0 Å². The van der Waals surface area contributed by atoms with Crippen molar-refractivity contribution in [3.8, 4) is 0 Å². The van der Waals surface area contributed by atoms with Crippen molar-refractivity contribution < 1.29 is 13.6 Å². The van der Waals surface area contributed by atoms with Crippen LogP contribution < -0.4 is 5.32 Å². The maximum Gasteiger partial charge on any atom is 0.315 e. The molecule has 1 aliphatic carbocycles. The fourth-order valence-electron chi connectivity index (χ4n) is 1.85. The molecule has 1 unspecified atom stereocenters. The van der Waals surface area contributed by atoms with Gasteiger partial charge in [0.1, 0.15) is 0 Å². The Labute approximate surface area is 86.3 Å². The maximum atomic E-state index is 11.9. The molecule has 0 heterocycles. The van der Waals surface area contributed by atoms with Crippen LogP contribution in [-0.4, -0.2) is 18.9 Å². The van der Waals surface area contributed by atoms with E-state index in [9.17, 15) is 13.6 Å². The number of nitrogens with one attached hydrogen (secondary N) is 1. The number of fused-ring (bicyclic) bond motifs is 1. The molecule has 1 aliphatic rings. The van der Waals surface area contributed by atoms with Crippen molar-refractivity contribution in [3.05, 3.63) is 35.4 Å². The third-order valence-corrected chi connectivity index (χ3v) is 2.68. The standard InChI is InChI=1S/C11H11F2NO/c12-10(13)11(15)14-6-8-5-7-3-1-2-4-9(7)8/h1-4,8,10H,5-6H2,(H,14,15). The van der Waals surface area contributed by atoms with Crippen molar-refractivity contribution in [2.24, 2.45) is 0 Å². The number of halogens is 2. The van der Waals surface area contributed by atoms with Gasteiger partial charge in [0, 0.05) is 12.5 Å². The van der Waals surface area contributed by atoms with E-state index in [0.29, 0.717) is 6.54 Å². The highest BCUT2D eigenvalue weighted by atomic mass is 19.3. The Bertz CT molecular complexity index is 379. The van der Waals surface area contributed by atoms with Crippen LogP contribution in [0.5, 0.6) is 0 Å². The number of carbonyl (C=O) groups is 1. The van der Waals surface area contributed by atoms with Crippen molar-refractivity contribution in [1.82, 2.24) is 5.32 Å². The van der Waals surface area contributed by atoms with Crippen LogP contribution in [0.25, 0.3) is 0 Å². The summed E-state index contributed by atoms with van der Waals surface area (Å²) < 4.78 is 23.8. The average Bonchev–Trinajstić information content (AvgIpc) is 2.19. The number of amides is 1. The lowest BCUT2D eigenvalue weighted by atomic mass is 9.77. The summed E-state index contributed by atoms with van der Waals surface area (Å²) in [5.41, 5.74) is 2.40. The molecule has 0 spiro atoms. The molecule has 0 aliphatic heterocycles. The Kier molecular flexibility index (Phi) is 2.66. The van der Waals surface area contributed by atoms with Crippen LogP contribution in [0.1, 0.15) is 17.0 Å². The zero-order chi connectivity index (χ0) is 10.8. The second kappa shape index (κ2) is 3.96. The Balaban J connectivity index is 1.88. The zero-order valence-corrected chi connectivity index (χ0v) is 8.04. The number of rotatable bonds is 3. The van der Waals surface area contributed by atoms with Crippen molar-refractivity contribution in [3.63, 3.8) is 0 Å². The number of benzene rings is 1. The lowest BCUT2D eigenvalue weighted by Crippen LogP contribution is -2.36. The van der Waals surface area contributed by atoms with Crippen molar-refractivity contribution >= 4 is 5.91 Å². The lowest BCUT2D eigenvalue weighted by molar-refractivity contribution is -0.131. The molecule has 15 heavy (non-hydrogen) atoms. The topological polar surface area (TPSA) is 29.1 Å². The molecule has 80 valence electrons. The van der Waals surface area contributed by atoms with Gasteiger partial charge in [-0.05, 0) is 17.5 Å². The van der Waals surface area contributed by atoms with E-state index in [2.05, 4.69) is 5.32 Å². The van der Waals surface area contributed by atoms with Crippen LogP contribution in [0.4, 0.5) is 8.78 Å². The molecule has 2 nitrogen and oxygen atoms in total. The van der Waals surface area contributed by atoms with Crippen molar-refractivity contribution in [1.29, 1.82) is 0 Å². The van der Waals surface area contributed by atoms with Gasteiger partial charge in [0.2, 0.25) is 0 Å². The fourth-order valence-corrected chi connectivity index (χ4v) is 1.85. The zero-order valence-electron chi connectivity index (χ0n) is 8.04. The molecule has 1 atom stereocenters. The number of hydrogen-bond donors (Lipinski definition) is 1. The molecular formula is C11H11F2NO. The first-order valence-electron chi connectivity index (χ1n) is 4.82. The average molecular weight is 211 g/mol. The summed E-state index contributed by atoms with van der Waals surface area (Å²) in [6.45, 7) is 0.306. The first kappa shape index (κ1) is 10.1. The normalized spacial score (nSPS) is 18.2. The molecule has 1 N–H and O–H groups in total. The van der Waals surface area contributed by atoms with E-state index in [1.807, 2.05) is 24.3 Å². The molecule has 0 saturated heterocycles. The molecule has 0 saturated carbocycles. The molecule has 1 aromatic rings. The van der Waals surface area contributed by atoms with Gasteiger partial charge in [-0.15, -0.1) is 0 Å². The predicted molar refractivity (Wildman–Crippen MR) is 51.9 cm³/mol. The molecule has 1 aromatic carbocycles. The van der Waals surface area contributed by atoms with Crippen LogP contribution in [-0.2, 0) is 11.2 Å². The van der Waals surface area contributed by atoms with Crippen LogP contribution in [0.15, 0.2) is 24.3 Å². The van der Waals surface area contributed by atoms with E-state index >= 15 is 0 Å². The summed E-state index contributed by atoms with van der Waals surface area (Å²) in [7, 11) is 0. The van der Waals surface area contributed by atoms with Crippen molar-refractivity contribution in [2.45, 2.75) is 18.8 Å². The highest BCUT2D eigenvalue weighted by Crippen LogP contribution is 2.33. The number of carbonyl (C=O) groups excluding carboxylic acids is 1. The van der Waals surface area contributed by atoms with Gasteiger partial charge in [0.05, 0.1) is 0 Å². The lowest BCUT2D eigenvalue weighted by Gasteiger charge is -2.30. The summed E-state index contributed by atoms with van der Waals surface area (Å²) in [5.74, 6) is -0.983. The minimum Gasteiger partial charge on any atom is -0.351 e. The highest BCUT2D eigenvalue weighted by molar-refractivity contribution is 5.79. The Morgan fingerprint density at radius 3 is 2.87 bits per heavy atom. The molecule has 0 fully saturated rings. The molecule has 4 heteroatoms. The third kappa shape index (κ3) is 1.98. The van der Waals surface area contributed by atoms with Gasteiger partial charge in [-0.25, -0.2) is 0 Å². The summed E-state index contributed by atoms with van der Waals surface area (Å²) in [4.78, 5) is 10.6. The van der Waals surface area contributed by atoms with E-state index in [0.717, 1.165) is 12.0 Å². The summed E-state index contributed by atoms with van der Waals surface area (Å²) in [6.07, 6.45) is -2.06. The number of hydrogen-bond acceptors (Lipinski definition) is 1. The first-order chi connectivity index (χ1) is 7.18. The van der Waals surface area contributed by atoms with E-state index < -0.39 is 12.3 Å². The van der Waals surface area contributed by atoms with Crippen LogP contribution in [0.2, 0.25) is 0 Å². The maximum absolute atomic E-state index is 11.9. The largest absolute Gasteiger partial charge is 0.351 e. The van der Waals surface area contributed by atoms with Crippen LogP contribution in [0, 0.1) is 0 Å². The SMILES string of the molecule is O=C(NCC1Cc2ccccc21)C(F)F. The Hall–Kier alpha value is -1.45. The molecule has 0 aromatic heterocycles. The van der Waals surface area contributed by atoms with Gasteiger partial charge < -0.3 is 5.32 Å². The third-order valence-electron chi connectivity index (χ3n) is 2.68. The van der Waals surface area contributed by atoms with E-state index in [1.165, 1.54) is 5.56 Å². The second-order valence-corrected chi connectivity index (χ2v) is 3.65. The predicted octanol–water partition coefficient (Wildman–Crippen LogP) is 1.71. The van der Waals surface area contributed by atoms with E-state index in [1.54, 1.807) is 0 Å². The van der Waals surface area contributed by atoms with Gasteiger partial charge in [0.25, 0.3) is 5.91 Å². The molecular weight excluding hydrogens is 200 g/mol. The molecule has 1 amide bonds. The first-order valence-corrected chi connectivity index (χ1v) is 4.82. The molecule has 0 bridgehead atoms. The molecule has 0 radical (unpaired) electrons. The minimum atomic E-state index is -2.92. The van der Waals surface area contributed by atoms with Gasteiger partial charge in [0.15, 0.2) is 0 Å². The van der Waals surface area contributed by atoms with Gasteiger partial charge >= 0.3 is 6.43 Å². The quantitative estimate of drug-likeness (QED) is 0.810. The molecule has 2 rings (SSSR count). The van der Waals surface area contributed by atoms with E-state index in [-0.39, 0.29) is 5.92 Å². The van der Waals surface area contributed by atoms with Gasteiger partial charge in [-0.1, -0.05) is 24.3 Å². The van der Waals surface area contributed by atoms with Crippen molar-refractivity contribution in [2.75, 3.05) is 6.54 Å². The number of alkyl halides is 2. The Morgan fingerprint density at radius 2 is 2.20 bits per heavy atom.